The van der Waals surface area contributed by atoms with Gasteiger partial charge in [-0.25, -0.2) is 9.36 Å². The largest absolute Gasteiger partial charge is 0.492 e. The van der Waals surface area contributed by atoms with Crippen molar-refractivity contribution in [3.63, 3.8) is 0 Å². The molecular formula is C19H20F3N3O4. The summed E-state index contributed by atoms with van der Waals surface area (Å²) in [7, 11) is 0.965. The summed E-state index contributed by atoms with van der Waals surface area (Å²) in [4.78, 5) is 30.3. The van der Waals surface area contributed by atoms with E-state index in [0.717, 1.165) is 7.05 Å². The highest BCUT2D eigenvalue weighted by Gasteiger charge is 2.35. The highest BCUT2D eigenvalue weighted by atomic mass is 19.4. The average molecular weight is 411 g/mol. The number of hydrogen-bond acceptors (Lipinski definition) is 5. The molecule has 1 aliphatic heterocycles. The Morgan fingerprint density at radius 3 is 2.45 bits per heavy atom. The minimum Gasteiger partial charge on any atom is -0.492 e. The quantitative estimate of drug-likeness (QED) is 0.713. The van der Waals surface area contributed by atoms with Crippen molar-refractivity contribution in [2.24, 2.45) is 12.2 Å². The molecule has 0 aliphatic carbocycles. The number of oxime groups is 1. The van der Waals surface area contributed by atoms with Crippen LogP contribution in [0, 0.1) is 0 Å². The van der Waals surface area contributed by atoms with E-state index in [1.807, 2.05) is 20.8 Å². The zero-order chi connectivity index (χ0) is 21.6. The van der Waals surface area contributed by atoms with Crippen LogP contribution >= 0.6 is 0 Å². The number of rotatable bonds is 2. The van der Waals surface area contributed by atoms with Gasteiger partial charge in [0, 0.05) is 25.1 Å². The number of benzene rings is 1. The van der Waals surface area contributed by atoms with E-state index < -0.39 is 28.7 Å². The smallest absolute Gasteiger partial charge is 0.431 e. The Morgan fingerprint density at radius 1 is 1.14 bits per heavy atom. The summed E-state index contributed by atoms with van der Waals surface area (Å²) in [6.45, 7) is 5.87. The highest BCUT2D eigenvalue weighted by Crippen LogP contribution is 2.29. The van der Waals surface area contributed by atoms with E-state index in [0.29, 0.717) is 45.3 Å². The van der Waals surface area contributed by atoms with Crippen LogP contribution < -0.4 is 16.0 Å². The second-order valence-corrected chi connectivity index (χ2v) is 7.56. The molecule has 2 aromatic rings. The van der Waals surface area contributed by atoms with Crippen LogP contribution in [0.5, 0.6) is 5.75 Å². The first kappa shape index (κ1) is 20.7. The Morgan fingerprint density at radius 2 is 1.83 bits per heavy atom. The van der Waals surface area contributed by atoms with Gasteiger partial charge in [-0.3, -0.25) is 9.36 Å². The molecule has 3 rings (SSSR count). The normalized spacial score (nSPS) is 15.8. The van der Waals surface area contributed by atoms with Gasteiger partial charge in [0.25, 0.3) is 5.56 Å². The second kappa shape index (κ2) is 7.09. The fourth-order valence-corrected chi connectivity index (χ4v) is 2.82. The third kappa shape index (κ3) is 4.20. The van der Waals surface area contributed by atoms with E-state index in [1.54, 1.807) is 6.07 Å². The maximum absolute atomic E-state index is 13.0. The molecule has 0 saturated heterocycles. The maximum atomic E-state index is 13.0. The van der Waals surface area contributed by atoms with Gasteiger partial charge < -0.3 is 9.57 Å². The lowest BCUT2D eigenvalue weighted by molar-refractivity contribution is -0.144. The molecule has 1 aromatic carbocycles. The topological polar surface area (TPSA) is 74.8 Å². The van der Waals surface area contributed by atoms with Gasteiger partial charge in [-0.15, -0.1) is 0 Å². The summed E-state index contributed by atoms with van der Waals surface area (Å²) in [6.07, 6.45) is -4.38. The summed E-state index contributed by atoms with van der Waals surface area (Å²) in [5.41, 5.74) is -2.86. The van der Waals surface area contributed by atoms with Crippen LogP contribution in [0.15, 0.2) is 39.0 Å². The number of nitrogens with zero attached hydrogens (tertiary/aromatic N) is 3. The summed E-state index contributed by atoms with van der Waals surface area (Å²) in [6, 6.07) is 4.85. The van der Waals surface area contributed by atoms with E-state index in [-0.39, 0.29) is 5.69 Å². The Hall–Kier alpha value is -3.04. The molecule has 10 heteroatoms. The van der Waals surface area contributed by atoms with Crippen molar-refractivity contribution in [2.75, 3.05) is 6.61 Å². The molecule has 0 unspecified atom stereocenters. The molecule has 7 nitrogen and oxygen atoms in total. The number of alkyl halides is 3. The maximum Gasteiger partial charge on any atom is 0.431 e. The molecule has 0 bridgehead atoms. The third-order valence-corrected chi connectivity index (χ3v) is 4.17. The number of aromatic nitrogens is 2. The van der Waals surface area contributed by atoms with Gasteiger partial charge in [0.1, 0.15) is 17.0 Å². The van der Waals surface area contributed by atoms with Crippen LogP contribution in [0.1, 0.15) is 38.4 Å². The zero-order valence-electron chi connectivity index (χ0n) is 16.3. The molecule has 0 radical (unpaired) electrons. The van der Waals surface area contributed by atoms with Gasteiger partial charge in [0.15, 0.2) is 0 Å². The third-order valence-electron chi connectivity index (χ3n) is 4.17. The fraction of sp³-hybridized carbons (Fsp3) is 0.421. The molecule has 2 heterocycles. The van der Waals surface area contributed by atoms with Gasteiger partial charge in [0.05, 0.1) is 18.0 Å². The zero-order valence-corrected chi connectivity index (χ0v) is 16.3. The summed E-state index contributed by atoms with van der Waals surface area (Å²) in [5.74, 6) is 0.480. The van der Waals surface area contributed by atoms with Crippen molar-refractivity contribution in [2.45, 2.75) is 39.0 Å². The number of halogens is 3. The summed E-state index contributed by atoms with van der Waals surface area (Å²) < 4.78 is 45.8. The van der Waals surface area contributed by atoms with Gasteiger partial charge in [-0.2, -0.15) is 13.2 Å². The standard InChI is InChI=1S/C19H20F3N3O4/c1-18(2,3)29-23-13-7-8-28-14-6-5-11(9-12(13)14)25-16(26)10-15(19(20,21)22)24(4)17(25)27/h5-6,9-10H,7-8H2,1-4H3/b23-13+. The Bertz CT molecular complexity index is 1090. The Balaban J connectivity index is 2.15. The lowest BCUT2D eigenvalue weighted by Crippen LogP contribution is -2.40. The fourth-order valence-electron chi connectivity index (χ4n) is 2.82. The van der Waals surface area contributed by atoms with Crippen LogP contribution in [0.3, 0.4) is 0 Å². The lowest BCUT2D eigenvalue weighted by Gasteiger charge is -2.22. The van der Waals surface area contributed by atoms with Crippen LogP contribution in [-0.4, -0.2) is 27.1 Å². The number of fused-ring (bicyclic) bond motifs is 1. The predicted molar refractivity (Wildman–Crippen MR) is 99.8 cm³/mol. The molecule has 29 heavy (non-hydrogen) atoms. The molecular weight excluding hydrogens is 391 g/mol. The van der Waals surface area contributed by atoms with E-state index in [1.165, 1.54) is 12.1 Å². The second-order valence-electron chi connectivity index (χ2n) is 7.56. The van der Waals surface area contributed by atoms with Crippen molar-refractivity contribution in [1.29, 1.82) is 0 Å². The van der Waals surface area contributed by atoms with E-state index in [9.17, 15) is 22.8 Å². The van der Waals surface area contributed by atoms with Crippen LogP contribution in [0.2, 0.25) is 0 Å². The molecule has 0 atom stereocenters. The first-order chi connectivity index (χ1) is 13.4. The molecule has 0 spiro atoms. The molecule has 0 N–H and O–H groups in total. The number of hydrogen-bond donors (Lipinski definition) is 0. The van der Waals surface area contributed by atoms with Gasteiger partial charge in [-0.05, 0) is 39.0 Å². The average Bonchev–Trinajstić information content (AvgIpc) is 2.61. The summed E-state index contributed by atoms with van der Waals surface area (Å²) >= 11 is 0. The summed E-state index contributed by atoms with van der Waals surface area (Å²) in [5, 5.41) is 4.16. The lowest BCUT2D eigenvalue weighted by atomic mass is 10.0. The van der Waals surface area contributed by atoms with Gasteiger partial charge in [-0.1, -0.05) is 5.16 Å². The van der Waals surface area contributed by atoms with E-state index in [2.05, 4.69) is 5.16 Å². The molecule has 1 aliphatic rings. The molecule has 0 fully saturated rings. The first-order valence-electron chi connectivity index (χ1n) is 8.81. The van der Waals surface area contributed by atoms with Crippen LogP contribution in [0.25, 0.3) is 5.69 Å². The van der Waals surface area contributed by atoms with Crippen molar-refractivity contribution in [3.8, 4) is 11.4 Å². The van der Waals surface area contributed by atoms with Crippen molar-refractivity contribution in [1.82, 2.24) is 9.13 Å². The predicted octanol–water partition coefficient (Wildman–Crippen LogP) is 2.86. The number of ether oxygens (including phenoxy) is 1. The monoisotopic (exact) mass is 411 g/mol. The van der Waals surface area contributed by atoms with Gasteiger partial charge >= 0.3 is 11.9 Å². The molecule has 0 saturated carbocycles. The Labute approximate surface area is 164 Å². The van der Waals surface area contributed by atoms with Crippen LogP contribution in [0.4, 0.5) is 13.2 Å². The SMILES string of the molecule is Cn1c(C(F)(F)F)cc(=O)n(-c2ccc3c(c2)/C(=N/OC(C)(C)C)CCO3)c1=O. The minimum absolute atomic E-state index is 0.108. The Kier molecular flexibility index (Phi) is 5.06. The highest BCUT2D eigenvalue weighted by molar-refractivity contribution is 6.03. The van der Waals surface area contributed by atoms with Crippen LogP contribution in [-0.2, 0) is 18.1 Å². The van der Waals surface area contributed by atoms with Crippen molar-refractivity contribution >= 4 is 5.71 Å². The first-order valence-corrected chi connectivity index (χ1v) is 8.81. The van der Waals surface area contributed by atoms with Gasteiger partial charge in [0.2, 0.25) is 0 Å². The molecule has 156 valence electrons. The van der Waals surface area contributed by atoms with Crippen molar-refractivity contribution in [3.05, 3.63) is 56.4 Å². The minimum atomic E-state index is -4.82. The van der Waals surface area contributed by atoms with E-state index >= 15 is 0 Å². The molecule has 1 aromatic heterocycles. The molecule has 0 amide bonds. The van der Waals surface area contributed by atoms with E-state index in [4.69, 9.17) is 9.57 Å². The van der Waals surface area contributed by atoms with Crippen molar-refractivity contribution < 1.29 is 22.7 Å².